The van der Waals surface area contributed by atoms with Gasteiger partial charge in [-0.1, -0.05) is 60.7 Å². The SMILES string of the molecule is CC1OC[C@H]2O[C@@H](O)[C@H](OCc3ccccc3)[C@H](OCc3ccccc3)[C@@H]2O1. The van der Waals surface area contributed by atoms with Gasteiger partial charge in [0.15, 0.2) is 12.6 Å². The first-order valence-electron chi connectivity index (χ1n) is 9.62. The van der Waals surface area contributed by atoms with Gasteiger partial charge in [-0.15, -0.1) is 0 Å². The van der Waals surface area contributed by atoms with Crippen LogP contribution in [0.4, 0.5) is 0 Å². The van der Waals surface area contributed by atoms with E-state index in [4.69, 9.17) is 23.7 Å². The molecule has 150 valence electrons. The van der Waals surface area contributed by atoms with Gasteiger partial charge in [-0.3, -0.25) is 0 Å². The molecule has 2 heterocycles. The summed E-state index contributed by atoms with van der Waals surface area (Å²) in [6, 6.07) is 19.7. The molecule has 2 aliphatic heterocycles. The summed E-state index contributed by atoms with van der Waals surface area (Å²) in [7, 11) is 0. The Labute approximate surface area is 164 Å². The zero-order chi connectivity index (χ0) is 19.3. The van der Waals surface area contributed by atoms with Crippen LogP contribution in [0.3, 0.4) is 0 Å². The lowest BCUT2D eigenvalue weighted by atomic mass is 9.97. The third kappa shape index (κ3) is 4.60. The Balaban J connectivity index is 1.50. The molecule has 1 unspecified atom stereocenters. The summed E-state index contributed by atoms with van der Waals surface area (Å²) in [5.74, 6) is 0. The summed E-state index contributed by atoms with van der Waals surface area (Å²) >= 11 is 0. The topological polar surface area (TPSA) is 66.4 Å². The highest BCUT2D eigenvalue weighted by Crippen LogP contribution is 2.32. The van der Waals surface area contributed by atoms with Crippen LogP contribution in [0.5, 0.6) is 0 Å². The predicted molar refractivity (Wildman–Crippen MR) is 101 cm³/mol. The number of aliphatic hydroxyl groups is 1. The van der Waals surface area contributed by atoms with Crippen molar-refractivity contribution in [2.24, 2.45) is 0 Å². The lowest BCUT2D eigenvalue weighted by molar-refractivity contribution is -0.361. The quantitative estimate of drug-likeness (QED) is 0.823. The third-order valence-corrected chi connectivity index (χ3v) is 5.02. The summed E-state index contributed by atoms with van der Waals surface area (Å²) < 4.78 is 29.5. The van der Waals surface area contributed by atoms with Crippen molar-refractivity contribution < 1.29 is 28.8 Å². The van der Waals surface area contributed by atoms with Crippen LogP contribution in [0.15, 0.2) is 60.7 Å². The molecule has 0 saturated carbocycles. The van der Waals surface area contributed by atoms with Gasteiger partial charge in [-0.25, -0.2) is 0 Å². The van der Waals surface area contributed by atoms with Gasteiger partial charge in [0.25, 0.3) is 0 Å². The molecule has 2 aromatic carbocycles. The van der Waals surface area contributed by atoms with Gasteiger partial charge in [0.2, 0.25) is 0 Å². The fourth-order valence-electron chi connectivity index (χ4n) is 3.59. The van der Waals surface area contributed by atoms with Gasteiger partial charge >= 0.3 is 0 Å². The Kier molecular flexibility index (Phi) is 6.36. The van der Waals surface area contributed by atoms with Crippen LogP contribution >= 0.6 is 0 Å². The van der Waals surface area contributed by atoms with Crippen molar-refractivity contribution >= 4 is 0 Å². The minimum Gasteiger partial charge on any atom is -0.368 e. The van der Waals surface area contributed by atoms with E-state index in [1.54, 1.807) is 0 Å². The van der Waals surface area contributed by atoms with Crippen molar-refractivity contribution in [1.82, 2.24) is 0 Å². The summed E-state index contributed by atoms with van der Waals surface area (Å²) in [5, 5.41) is 10.6. The number of fused-ring (bicyclic) bond motifs is 1. The molecule has 6 heteroatoms. The van der Waals surface area contributed by atoms with E-state index in [9.17, 15) is 5.11 Å². The number of benzene rings is 2. The molecular formula is C22H26O6. The third-order valence-electron chi connectivity index (χ3n) is 5.02. The number of aliphatic hydroxyl groups excluding tert-OH is 1. The Morgan fingerprint density at radius 3 is 2.04 bits per heavy atom. The molecule has 0 aromatic heterocycles. The molecule has 0 amide bonds. The highest BCUT2D eigenvalue weighted by molar-refractivity contribution is 5.14. The van der Waals surface area contributed by atoms with E-state index in [-0.39, 0.29) is 12.4 Å². The molecule has 6 nitrogen and oxygen atoms in total. The highest BCUT2D eigenvalue weighted by Gasteiger charge is 2.50. The molecule has 2 fully saturated rings. The van der Waals surface area contributed by atoms with Crippen LogP contribution in [-0.4, -0.2) is 48.7 Å². The van der Waals surface area contributed by atoms with Crippen LogP contribution in [-0.2, 0) is 36.9 Å². The second-order valence-corrected chi connectivity index (χ2v) is 7.09. The maximum absolute atomic E-state index is 10.6. The molecule has 0 aliphatic carbocycles. The minimum absolute atomic E-state index is 0.347. The molecule has 0 radical (unpaired) electrons. The van der Waals surface area contributed by atoms with Crippen molar-refractivity contribution in [1.29, 1.82) is 0 Å². The molecule has 1 N–H and O–H groups in total. The zero-order valence-electron chi connectivity index (χ0n) is 15.8. The van der Waals surface area contributed by atoms with E-state index in [1.807, 2.05) is 67.6 Å². The smallest absolute Gasteiger partial charge is 0.184 e. The van der Waals surface area contributed by atoms with E-state index >= 15 is 0 Å². The van der Waals surface area contributed by atoms with Crippen LogP contribution < -0.4 is 0 Å². The van der Waals surface area contributed by atoms with E-state index in [0.717, 1.165) is 11.1 Å². The van der Waals surface area contributed by atoms with Gasteiger partial charge < -0.3 is 28.8 Å². The largest absolute Gasteiger partial charge is 0.368 e. The standard InChI is InChI=1S/C22H26O6/c1-15-24-14-18-19(27-15)20(25-12-16-8-4-2-5-9-16)21(22(23)28-18)26-13-17-10-6-3-7-11-17/h2-11,15,18-23H,12-14H2,1H3/t15?,18-,19-,20-,21-,22-/m1/s1. The molecule has 2 aliphatic rings. The van der Waals surface area contributed by atoms with Crippen LogP contribution in [0, 0.1) is 0 Å². The Morgan fingerprint density at radius 1 is 0.857 bits per heavy atom. The molecule has 2 saturated heterocycles. The van der Waals surface area contributed by atoms with Crippen LogP contribution in [0.2, 0.25) is 0 Å². The minimum atomic E-state index is -1.12. The van der Waals surface area contributed by atoms with Gasteiger partial charge in [0.1, 0.15) is 24.4 Å². The first-order valence-corrected chi connectivity index (χ1v) is 9.62. The average Bonchev–Trinajstić information content (AvgIpc) is 2.73. The normalized spacial score (nSPS) is 32.6. The van der Waals surface area contributed by atoms with Crippen LogP contribution in [0.25, 0.3) is 0 Å². The Hall–Kier alpha value is -1.80. The van der Waals surface area contributed by atoms with Crippen molar-refractivity contribution in [3.8, 4) is 0 Å². The second kappa shape index (κ2) is 9.13. The lowest BCUT2D eigenvalue weighted by Crippen LogP contribution is -2.63. The molecule has 0 spiro atoms. The first-order chi connectivity index (χ1) is 13.7. The fraction of sp³-hybridized carbons (Fsp3) is 0.455. The van der Waals surface area contributed by atoms with Crippen molar-refractivity contribution in [2.75, 3.05) is 6.61 Å². The second-order valence-electron chi connectivity index (χ2n) is 7.09. The molecule has 28 heavy (non-hydrogen) atoms. The van der Waals surface area contributed by atoms with Crippen molar-refractivity contribution in [2.45, 2.75) is 57.1 Å². The highest BCUT2D eigenvalue weighted by atomic mass is 16.7. The summed E-state index contributed by atoms with van der Waals surface area (Å²) in [6.07, 6.45) is -3.41. The summed E-state index contributed by atoms with van der Waals surface area (Å²) in [4.78, 5) is 0. The molecule has 4 rings (SSSR count). The van der Waals surface area contributed by atoms with Crippen LogP contribution in [0.1, 0.15) is 18.1 Å². The Bertz CT molecular complexity index is 724. The van der Waals surface area contributed by atoms with E-state index < -0.39 is 24.6 Å². The molecular weight excluding hydrogens is 360 g/mol. The Morgan fingerprint density at radius 2 is 1.43 bits per heavy atom. The summed E-state index contributed by atoms with van der Waals surface area (Å²) in [6.45, 7) is 2.93. The maximum atomic E-state index is 10.6. The molecule has 0 bridgehead atoms. The van der Waals surface area contributed by atoms with Gasteiger partial charge in [-0.2, -0.15) is 0 Å². The summed E-state index contributed by atoms with van der Waals surface area (Å²) in [5.41, 5.74) is 2.06. The van der Waals surface area contributed by atoms with Gasteiger partial charge in [0, 0.05) is 0 Å². The molecule has 6 atom stereocenters. The zero-order valence-corrected chi connectivity index (χ0v) is 15.8. The fourth-order valence-corrected chi connectivity index (χ4v) is 3.59. The monoisotopic (exact) mass is 386 g/mol. The maximum Gasteiger partial charge on any atom is 0.184 e. The number of hydrogen-bond acceptors (Lipinski definition) is 6. The predicted octanol–water partition coefficient (Wildman–Crippen LogP) is 2.64. The van der Waals surface area contributed by atoms with Gasteiger partial charge in [0.05, 0.1) is 19.8 Å². The number of hydrogen-bond donors (Lipinski definition) is 1. The average molecular weight is 386 g/mol. The van der Waals surface area contributed by atoms with E-state index in [1.165, 1.54) is 0 Å². The number of ether oxygens (including phenoxy) is 5. The molecule has 2 aromatic rings. The van der Waals surface area contributed by atoms with Crippen molar-refractivity contribution in [3.63, 3.8) is 0 Å². The van der Waals surface area contributed by atoms with E-state index in [0.29, 0.717) is 19.8 Å². The van der Waals surface area contributed by atoms with Crippen molar-refractivity contribution in [3.05, 3.63) is 71.8 Å². The number of rotatable bonds is 6. The van der Waals surface area contributed by atoms with Gasteiger partial charge in [-0.05, 0) is 18.1 Å². The van der Waals surface area contributed by atoms with E-state index in [2.05, 4.69) is 0 Å². The lowest BCUT2D eigenvalue weighted by Gasteiger charge is -2.47. The first kappa shape index (κ1) is 19.5.